The molecule has 124 valence electrons. The largest absolute Gasteiger partial charge is 0.352 e. The van der Waals surface area contributed by atoms with Crippen molar-refractivity contribution in [3.63, 3.8) is 0 Å². The molecule has 0 aliphatic rings. The molecule has 0 saturated carbocycles. The molecule has 6 heteroatoms. The summed E-state index contributed by atoms with van der Waals surface area (Å²) in [4.78, 5) is 23.8. The lowest BCUT2D eigenvalue weighted by atomic mass is 10.2. The molecule has 0 fully saturated rings. The van der Waals surface area contributed by atoms with Crippen LogP contribution in [0.15, 0.2) is 64.2 Å². The van der Waals surface area contributed by atoms with E-state index in [0.29, 0.717) is 17.8 Å². The van der Waals surface area contributed by atoms with Crippen molar-refractivity contribution in [3.05, 3.63) is 70.2 Å². The minimum absolute atomic E-state index is 0.131. The van der Waals surface area contributed by atoms with Gasteiger partial charge in [0.25, 0.3) is 5.91 Å². The molecular formula is C18H18BrN3O2. The van der Waals surface area contributed by atoms with Gasteiger partial charge in [-0.25, -0.2) is 5.43 Å². The number of carbonyl (C=O) groups is 2. The number of carbonyl (C=O) groups excluding carboxylic acids is 2. The van der Waals surface area contributed by atoms with Crippen molar-refractivity contribution < 1.29 is 9.59 Å². The van der Waals surface area contributed by atoms with Crippen molar-refractivity contribution in [2.75, 3.05) is 0 Å². The van der Waals surface area contributed by atoms with E-state index in [9.17, 15) is 9.59 Å². The standard InChI is InChI=1S/C18H18BrN3O2/c1-13(10-17(23)20-12-14-6-3-2-4-7-14)21-22-18(24)15-8-5-9-16(19)11-15/h2-9,11H,10,12H2,1H3,(H,20,23)(H,22,24)/b21-13-. The van der Waals surface area contributed by atoms with E-state index in [1.54, 1.807) is 25.1 Å². The summed E-state index contributed by atoms with van der Waals surface area (Å²) in [5, 5.41) is 6.78. The van der Waals surface area contributed by atoms with Gasteiger partial charge in [0.2, 0.25) is 5.91 Å². The third kappa shape index (κ3) is 5.96. The summed E-state index contributed by atoms with van der Waals surface area (Å²) < 4.78 is 0.816. The van der Waals surface area contributed by atoms with Crippen LogP contribution in [-0.4, -0.2) is 17.5 Å². The highest BCUT2D eigenvalue weighted by Gasteiger charge is 2.07. The molecule has 2 aromatic rings. The number of hydrogen-bond acceptors (Lipinski definition) is 3. The first kappa shape index (κ1) is 17.9. The summed E-state index contributed by atoms with van der Waals surface area (Å²) in [7, 11) is 0. The average Bonchev–Trinajstić information content (AvgIpc) is 2.59. The molecule has 0 spiro atoms. The zero-order valence-corrected chi connectivity index (χ0v) is 14.8. The third-order valence-electron chi connectivity index (χ3n) is 3.18. The van der Waals surface area contributed by atoms with Crippen LogP contribution >= 0.6 is 15.9 Å². The zero-order valence-electron chi connectivity index (χ0n) is 13.3. The molecule has 2 amide bonds. The molecule has 0 radical (unpaired) electrons. The Kier molecular flexibility index (Phi) is 6.69. The first-order valence-corrected chi connectivity index (χ1v) is 8.23. The topological polar surface area (TPSA) is 70.6 Å². The van der Waals surface area contributed by atoms with Crippen LogP contribution in [0.2, 0.25) is 0 Å². The molecular weight excluding hydrogens is 370 g/mol. The predicted octanol–water partition coefficient (Wildman–Crippen LogP) is 3.26. The van der Waals surface area contributed by atoms with Gasteiger partial charge in [0, 0.05) is 22.3 Å². The lowest BCUT2D eigenvalue weighted by molar-refractivity contribution is -0.120. The van der Waals surface area contributed by atoms with Crippen molar-refractivity contribution in [3.8, 4) is 0 Å². The molecule has 2 aromatic carbocycles. The van der Waals surface area contributed by atoms with Gasteiger partial charge in [-0.3, -0.25) is 9.59 Å². The monoisotopic (exact) mass is 387 g/mol. The highest BCUT2D eigenvalue weighted by molar-refractivity contribution is 9.10. The number of hydrogen-bond donors (Lipinski definition) is 2. The van der Waals surface area contributed by atoms with Crippen molar-refractivity contribution in [1.29, 1.82) is 0 Å². The van der Waals surface area contributed by atoms with Gasteiger partial charge in [-0.05, 0) is 30.7 Å². The minimum Gasteiger partial charge on any atom is -0.352 e. The molecule has 0 atom stereocenters. The quantitative estimate of drug-likeness (QED) is 0.589. The smallest absolute Gasteiger partial charge is 0.271 e. The maximum absolute atomic E-state index is 12.0. The number of rotatable bonds is 6. The van der Waals surface area contributed by atoms with Crippen molar-refractivity contribution in [2.45, 2.75) is 19.9 Å². The van der Waals surface area contributed by atoms with Crippen LogP contribution in [0, 0.1) is 0 Å². The Bertz CT molecular complexity index is 745. The van der Waals surface area contributed by atoms with Crippen LogP contribution in [0.25, 0.3) is 0 Å². The first-order valence-electron chi connectivity index (χ1n) is 7.44. The Morgan fingerprint density at radius 1 is 1.08 bits per heavy atom. The number of hydrazone groups is 1. The Morgan fingerprint density at radius 3 is 2.54 bits per heavy atom. The van der Waals surface area contributed by atoms with Gasteiger partial charge in [0.1, 0.15) is 0 Å². The summed E-state index contributed by atoms with van der Waals surface area (Å²) in [5.41, 5.74) is 4.51. The number of benzene rings is 2. The molecule has 0 bridgehead atoms. The van der Waals surface area contributed by atoms with Gasteiger partial charge in [0.05, 0.1) is 6.42 Å². The highest BCUT2D eigenvalue weighted by atomic mass is 79.9. The van der Waals surface area contributed by atoms with E-state index in [0.717, 1.165) is 10.0 Å². The van der Waals surface area contributed by atoms with E-state index in [2.05, 4.69) is 31.8 Å². The van der Waals surface area contributed by atoms with Crippen LogP contribution in [0.4, 0.5) is 0 Å². The van der Waals surface area contributed by atoms with E-state index in [-0.39, 0.29) is 18.2 Å². The molecule has 2 N–H and O–H groups in total. The number of halogens is 1. The Balaban J connectivity index is 1.80. The summed E-state index contributed by atoms with van der Waals surface area (Å²) in [6.45, 7) is 2.17. The van der Waals surface area contributed by atoms with E-state index < -0.39 is 0 Å². The lowest BCUT2D eigenvalue weighted by Gasteiger charge is -2.06. The van der Waals surface area contributed by atoms with Crippen molar-refractivity contribution in [1.82, 2.24) is 10.7 Å². The van der Waals surface area contributed by atoms with Gasteiger partial charge in [-0.15, -0.1) is 0 Å². The average molecular weight is 388 g/mol. The molecule has 0 heterocycles. The van der Waals surface area contributed by atoms with Crippen molar-refractivity contribution in [2.24, 2.45) is 5.10 Å². The maximum atomic E-state index is 12.0. The SMILES string of the molecule is C/C(CC(=O)NCc1ccccc1)=N/NC(=O)c1cccc(Br)c1. The molecule has 5 nitrogen and oxygen atoms in total. The van der Waals surface area contributed by atoms with Crippen LogP contribution in [-0.2, 0) is 11.3 Å². The second kappa shape index (κ2) is 8.98. The van der Waals surface area contributed by atoms with E-state index in [4.69, 9.17) is 0 Å². The normalized spacial score (nSPS) is 11.0. The molecule has 24 heavy (non-hydrogen) atoms. The van der Waals surface area contributed by atoms with E-state index >= 15 is 0 Å². The Labute approximate surface area is 149 Å². The number of nitrogens with zero attached hydrogens (tertiary/aromatic N) is 1. The molecule has 0 aliphatic carbocycles. The minimum atomic E-state index is -0.319. The third-order valence-corrected chi connectivity index (χ3v) is 3.68. The number of amides is 2. The summed E-state index contributed by atoms with van der Waals surface area (Å²) in [5.74, 6) is -0.461. The number of nitrogens with one attached hydrogen (secondary N) is 2. The summed E-state index contributed by atoms with van der Waals surface area (Å²) >= 11 is 3.31. The fraction of sp³-hybridized carbons (Fsp3) is 0.167. The predicted molar refractivity (Wildman–Crippen MR) is 97.6 cm³/mol. The van der Waals surface area contributed by atoms with E-state index in [1.807, 2.05) is 36.4 Å². The first-order chi connectivity index (χ1) is 11.5. The second-order valence-corrected chi connectivity index (χ2v) is 6.15. The summed E-state index contributed by atoms with van der Waals surface area (Å²) in [6.07, 6.45) is 0.131. The fourth-order valence-electron chi connectivity index (χ4n) is 1.97. The molecule has 0 saturated heterocycles. The highest BCUT2D eigenvalue weighted by Crippen LogP contribution is 2.11. The van der Waals surface area contributed by atoms with Crippen LogP contribution < -0.4 is 10.7 Å². The molecule has 0 aromatic heterocycles. The van der Waals surface area contributed by atoms with Crippen LogP contribution in [0.3, 0.4) is 0 Å². The second-order valence-electron chi connectivity index (χ2n) is 5.24. The molecule has 2 rings (SSSR count). The molecule has 0 aliphatic heterocycles. The fourth-order valence-corrected chi connectivity index (χ4v) is 2.37. The summed E-state index contributed by atoms with van der Waals surface area (Å²) in [6, 6.07) is 16.7. The Hall–Kier alpha value is -2.47. The van der Waals surface area contributed by atoms with Crippen LogP contribution in [0.1, 0.15) is 29.3 Å². The Morgan fingerprint density at radius 2 is 1.83 bits per heavy atom. The van der Waals surface area contributed by atoms with Gasteiger partial charge < -0.3 is 5.32 Å². The maximum Gasteiger partial charge on any atom is 0.271 e. The van der Waals surface area contributed by atoms with Crippen molar-refractivity contribution >= 4 is 33.5 Å². The van der Waals surface area contributed by atoms with Gasteiger partial charge in [0.15, 0.2) is 0 Å². The zero-order chi connectivity index (χ0) is 17.4. The van der Waals surface area contributed by atoms with Gasteiger partial charge in [-0.1, -0.05) is 52.3 Å². The molecule has 0 unspecified atom stereocenters. The van der Waals surface area contributed by atoms with Gasteiger partial charge >= 0.3 is 0 Å². The van der Waals surface area contributed by atoms with E-state index in [1.165, 1.54) is 0 Å². The van der Waals surface area contributed by atoms with Gasteiger partial charge in [-0.2, -0.15) is 5.10 Å². The van der Waals surface area contributed by atoms with Crippen LogP contribution in [0.5, 0.6) is 0 Å². The lowest BCUT2D eigenvalue weighted by Crippen LogP contribution is -2.26.